The molecule has 1 heterocycles. The largest absolute Gasteiger partial charge is 0.507 e. The molecule has 3 rings (SSSR count). The molecule has 1 atom stereocenters. The molecule has 0 spiro atoms. The van der Waals surface area contributed by atoms with Crippen LogP contribution in [-0.2, 0) is 14.3 Å². The lowest BCUT2D eigenvalue weighted by molar-refractivity contribution is -0.133. The van der Waals surface area contributed by atoms with Gasteiger partial charge in [-0.3, -0.25) is 9.59 Å². The van der Waals surface area contributed by atoms with Crippen LogP contribution in [0, 0.1) is 0 Å². The van der Waals surface area contributed by atoms with Crippen LogP contribution >= 0.6 is 0 Å². The molecule has 0 aromatic heterocycles. The fraction of sp³-hybridized carbons (Fsp3) is 0.190. The summed E-state index contributed by atoms with van der Waals surface area (Å²) < 4.78 is 15.1. The Balaban J connectivity index is 2.06. The predicted molar refractivity (Wildman–Crippen MR) is 103 cm³/mol. The maximum absolute atomic E-state index is 12.4. The van der Waals surface area contributed by atoms with E-state index >= 15 is 0 Å². The Morgan fingerprint density at radius 3 is 2.14 bits per heavy atom. The highest BCUT2D eigenvalue weighted by molar-refractivity contribution is 6.46. The highest BCUT2D eigenvalue weighted by Crippen LogP contribution is 2.36. The minimum absolute atomic E-state index is 0.0898. The summed E-state index contributed by atoms with van der Waals surface area (Å²) in [5, 5.41) is 13.4. The molecule has 0 radical (unpaired) electrons. The van der Waals surface area contributed by atoms with Gasteiger partial charge in [-0.15, -0.1) is 0 Å². The number of aliphatic hydroxyl groups is 1. The number of hydrogen-bond donors (Lipinski definition) is 2. The predicted octanol–water partition coefficient (Wildman–Crippen LogP) is 2.20. The third-order valence-corrected chi connectivity index (χ3v) is 4.59. The Bertz CT molecular complexity index is 1010. The maximum atomic E-state index is 12.4. The second kappa shape index (κ2) is 8.05. The standard InChI is InChI=1S/C21H19NO7/c1-27-14-9-8-13(10-15(14)28-2)18(23)16-17(22-20(25)19(16)24)11-4-6-12(7-5-11)21(26)29-3/h4-10,17,23H,1-3H3,(H,22,25)/t17-/m1/s1. The van der Waals surface area contributed by atoms with E-state index in [0.29, 0.717) is 28.2 Å². The summed E-state index contributed by atoms with van der Waals surface area (Å²) >= 11 is 0. The summed E-state index contributed by atoms with van der Waals surface area (Å²) in [7, 11) is 4.20. The van der Waals surface area contributed by atoms with Crippen LogP contribution in [0.3, 0.4) is 0 Å². The summed E-state index contributed by atoms with van der Waals surface area (Å²) in [6, 6.07) is 9.97. The van der Waals surface area contributed by atoms with Crippen LogP contribution in [0.25, 0.3) is 5.76 Å². The number of Topliss-reactive ketones (excluding diaryl/α,β-unsaturated/α-hetero) is 1. The van der Waals surface area contributed by atoms with Gasteiger partial charge in [-0.25, -0.2) is 4.79 Å². The Hall–Kier alpha value is -3.81. The van der Waals surface area contributed by atoms with Gasteiger partial charge in [-0.2, -0.15) is 0 Å². The molecule has 1 amide bonds. The summed E-state index contributed by atoms with van der Waals surface area (Å²) in [4.78, 5) is 36.1. The monoisotopic (exact) mass is 397 g/mol. The van der Waals surface area contributed by atoms with Gasteiger partial charge >= 0.3 is 5.97 Å². The lowest BCUT2D eigenvalue weighted by atomic mass is 9.95. The Kier molecular flexibility index (Phi) is 5.54. The Labute approximate surface area is 166 Å². The second-order valence-electron chi connectivity index (χ2n) is 6.18. The molecule has 1 aliphatic rings. The molecular weight excluding hydrogens is 378 g/mol. The molecule has 0 unspecified atom stereocenters. The van der Waals surface area contributed by atoms with Gasteiger partial charge in [0.05, 0.1) is 38.5 Å². The van der Waals surface area contributed by atoms with E-state index in [4.69, 9.17) is 9.47 Å². The van der Waals surface area contributed by atoms with E-state index in [1.807, 2.05) is 0 Å². The van der Waals surface area contributed by atoms with Crippen LogP contribution in [-0.4, -0.2) is 44.1 Å². The highest BCUT2D eigenvalue weighted by atomic mass is 16.5. The molecule has 1 fully saturated rings. The van der Waals surface area contributed by atoms with Crippen molar-refractivity contribution in [2.75, 3.05) is 21.3 Å². The summed E-state index contributed by atoms with van der Waals surface area (Å²) in [5.41, 5.74) is 1.05. The van der Waals surface area contributed by atoms with E-state index in [1.165, 1.54) is 39.5 Å². The van der Waals surface area contributed by atoms with Crippen LogP contribution in [0.15, 0.2) is 48.0 Å². The molecule has 150 valence electrons. The average Bonchev–Trinajstić information content (AvgIpc) is 3.06. The van der Waals surface area contributed by atoms with Gasteiger partial charge in [-0.05, 0) is 35.9 Å². The number of amides is 1. The van der Waals surface area contributed by atoms with Gasteiger partial charge < -0.3 is 24.6 Å². The smallest absolute Gasteiger partial charge is 0.337 e. The van der Waals surface area contributed by atoms with Gasteiger partial charge in [0.2, 0.25) is 0 Å². The van der Waals surface area contributed by atoms with Crippen molar-refractivity contribution in [1.82, 2.24) is 5.32 Å². The number of benzene rings is 2. The molecule has 1 saturated heterocycles. The van der Waals surface area contributed by atoms with E-state index in [2.05, 4.69) is 10.1 Å². The van der Waals surface area contributed by atoms with Crippen molar-refractivity contribution >= 4 is 23.4 Å². The normalized spacial score (nSPS) is 17.6. The van der Waals surface area contributed by atoms with E-state index in [9.17, 15) is 19.5 Å². The number of ketones is 1. The topological polar surface area (TPSA) is 111 Å². The van der Waals surface area contributed by atoms with Crippen LogP contribution in [0.1, 0.15) is 27.5 Å². The summed E-state index contributed by atoms with van der Waals surface area (Å²) in [6.45, 7) is 0. The minimum atomic E-state index is -0.866. The van der Waals surface area contributed by atoms with E-state index in [1.54, 1.807) is 24.3 Å². The molecular formula is C21H19NO7. The van der Waals surface area contributed by atoms with E-state index in [-0.39, 0.29) is 11.3 Å². The third-order valence-electron chi connectivity index (χ3n) is 4.59. The van der Waals surface area contributed by atoms with Crippen molar-refractivity contribution in [2.45, 2.75) is 6.04 Å². The number of esters is 1. The summed E-state index contributed by atoms with van der Waals surface area (Å²) in [5.74, 6) is -1.70. The molecule has 8 heteroatoms. The molecule has 2 aromatic carbocycles. The van der Waals surface area contributed by atoms with E-state index in [0.717, 1.165) is 0 Å². The Morgan fingerprint density at radius 1 is 0.931 bits per heavy atom. The number of nitrogens with one attached hydrogen (secondary N) is 1. The van der Waals surface area contributed by atoms with Gasteiger partial charge in [0.25, 0.3) is 11.7 Å². The molecule has 2 N–H and O–H groups in total. The molecule has 0 bridgehead atoms. The van der Waals surface area contributed by atoms with Gasteiger partial charge in [0.15, 0.2) is 11.5 Å². The average molecular weight is 397 g/mol. The maximum Gasteiger partial charge on any atom is 0.337 e. The number of hydrogen-bond acceptors (Lipinski definition) is 7. The van der Waals surface area contributed by atoms with Crippen molar-refractivity contribution in [3.63, 3.8) is 0 Å². The zero-order valence-corrected chi connectivity index (χ0v) is 16.0. The van der Waals surface area contributed by atoms with Crippen LogP contribution in [0.4, 0.5) is 0 Å². The molecule has 0 aliphatic carbocycles. The lowest BCUT2D eigenvalue weighted by Crippen LogP contribution is -2.21. The minimum Gasteiger partial charge on any atom is -0.507 e. The molecule has 1 aliphatic heterocycles. The molecule has 8 nitrogen and oxygen atoms in total. The van der Waals surface area contributed by atoms with Crippen molar-refractivity contribution in [3.05, 3.63) is 64.7 Å². The highest BCUT2D eigenvalue weighted by Gasteiger charge is 2.39. The van der Waals surface area contributed by atoms with Gasteiger partial charge in [-0.1, -0.05) is 12.1 Å². The molecule has 29 heavy (non-hydrogen) atoms. The van der Waals surface area contributed by atoms with Crippen LogP contribution in [0.5, 0.6) is 11.5 Å². The number of rotatable bonds is 5. The number of methoxy groups -OCH3 is 3. The SMILES string of the molecule is COC(=O)c1ccc([C@H]2NC(=O)C(=O)C2=C(O)c2ccc(OC)c(OC)c2)cc1. The first-order valence-electron chi connectivity index (χ1n) is 8.60. The van der Waals surface area contributed by atoms with Gasteiger partial charge in [0, 0.05) is 5.56 Å². The number of carbonyl (C=O) groups excluding carboxylic acids is 3. The lowest BCUT2D eigenvalue weighted by Gasteiger charge is -2.15. The molecule has 0 saturated carbocycles. The number of carbonyl (C=O) groups is 3. The first kappa shape index (κ1) is 19.9. The second-order valence-corrected chi connectivity index (χ2v) is 6.18. The van der Waals surface area contributed by atoms with Crippen LogP contribution in [0.2, 0.25) is 0 Å². The zero-order valence-electron chi connectivity index (χ0n) is 16.0. The zero-order chi connectivity index (χ0) is 21.1. The van der Waals surface area contributed by atoms with E-state index < -0.39 is 23.7 Å². The van der Waals surface area contributed by atoms with Crippen molar-refractivity contribution in [2.24, 2.45) is 0 Å². The number of aliphatic hydroxyl groups excluding tert-OH is 1. The van der Waals surface area contributed by atoms with Crippen molar-refractivity contribution in [3.8, 4) is 11.5 Å². The Morgan fingerprint density at radius 2 is 1.55 bits per heavy atom. The number of ether oxygens (including phenoxy) is 3. The summed E-state index contributed by atoms with van der Waals surface area (Å²) in [6.07, 6.45) is 0. The molecule has 2 aromatic rings. The van der Waals surface area contributed by atoms with Crippen LogP contribution < -0.4 is 14.8 Å². The fourth-order valence-electron chi connectivity index (χ4n) is 3.09. The van der Waals surface area contributed by atoms with Gasteiger partial charge in [0.1, 0.15) is 5.76 Å². The van der Waals surface area contributed by atoms with Crippen molar-refractivity contribution in [1.29, 1.82) is 0 Å². The quantitative estimate of drug-likeness (QED) is 0.344. The first-order chi connectivity index (χ1) is 13.9. The van der Waals surface area contributed by atoms with Crippen molar-refractivity contribution < 1.29 is 33.7 Å². The third kappa shape index (κ3) is 3.64. The first-order valence-corrected chi connectivity index (χ1v) is 8.60. The fourth-order valence-corrected chi connectivity index (χ4v) is 3.09.